The largest absolute Gasteiger partial charge is 0.394 e. The lowest BCUT2D eigenvalue weighted by atomic mass is 10.0. The fraction of sp³-hybridized carbons (Fsp3) is 0.150. The standard InChI is InChI=1S/C20H18N2O2/c1-2-14-7-3-4-9-18(14)20(24)22-16(13-23)11-15-12-21-19-10-6-5-8-17(15)19/h1,3-10,12,16,21,23H,11,13H2,(H,22,24)/t16-/m1/s1. The first-order chi connectivity index (χ1) is 11.7. The van der Waals surface area contributed by atoms with Gasteiger partial charge in [-0.2, -0.15) is 0 Å². The fourth-order valence-corrected chi connectivity index (χ4v) is 2.80. The molecule has 120 valence electrons. The molecule has 0 fully saturated rings. The molecule has 3 N–H and O–H groups in total. The summed E-state index contributed by atoms with van der Waals surface area (Å²) in [6.07, 6.45) is 7.88. The third-order valence-corrected chi connectivity index (χ3v) is 4.02. The molecule has 1 atom stereocenters. The Labute approximate surface area is 140 Å². The number of fused-ring (bicyclic) bond motifs is 1. The molecule has 0 aliphatic heterocycles. The number of nitrogens with one attached hydrogen (secondary N) is 2. The molecule has 3 rings (SSSR count). The van der Waals surface area contributed by atoms with E-state index >= 15 is 0 Å². The number of hydrogen-bond donors (Lipinski definition) is 3. The minimum absolute atomic E-state index is 0.149. The molecule has 24 heavy (non-hydrogen) atoms. The van der Waals surface area contributed by atoms with Crippen molar-refractivity contribution in [2.45, 2.75) is 12.5 Å². The monoisotopic (exact) mass is 318 g/mol. The van der Waals surface area contributed by atoms with Crippen molar-refractivity contribution in [1.29, 1.82) is 0 Å². The number of terminal acetylenes is 1. The van der Waals surface area contributed by atoms with Crippen molar-refractivity contribution in [3.63, 3.8) is 0 Å². The quantitative estimate of drug-likeness (QED) is 0.633. The van der Waals surface area contributed by atoms with E-state index in [1.165, 1.54) is 0 Å². The lowest BCUT2D eigenvalue weighted by molar-refractivity contribution is 0.0916. The minimum atomic E-state index is -0.387. The van der Waals surface area contributed by atoms with E-state index < -0.39 is 0 Å². The van der Waals surface area contributed by atoms with Crippen LogP contribution in [-0.4, -0.2) is 28.6 Å². The number of rotatable bonds is 5. The number of carbonyl (C=O) groups is 1. The van der Waals surface area contributed by atoms with Crippen LogP contribution in [0.1, 0.15) is 21.5 Å². The second-order valence-corrected chi connectivity index (χ2v) is 5.61. The number of aromatic amines is 1. The highest BCUT2D eigenvalue weighted by molar-refractivity contribution is 5.97. The zero-order chi connectivity index (χ0) is 16.9. The van der Waals surface area contributed by atoms with E-state index in [-0.39, 0.29) is 18.6 Å². The minimum Gasteiger partial charge on any atom is -0.394 e. The SMILES string of the molecule is C#Cc1ccccc1C(=O)N[C@@H](CO)Cc1c[nH]c2ccccc12. The maximum atomic E-state index is 12.5. The van der Waals surface area contributed by atoms with Crippen molar-refractivity contribution in [2.75, 3.05) is 6.61 Å². The van der Waals surface area contributed by atoms with Crippen LogP contribution in [0.4, 0.5) is 0 Å². The molecule has 0 saturated carbocycles. The number of aliphatic hydroxyl groups excluding tert-OH is 1. The van der Waals surface area contributed by atoms with E-state index in [0.717, 1.165) is 16.5 Å². The van der Waals surface area contributed by atoms with Crippen LogP contribution >= 0.6 is 0 Å². The Morgan fingerprint density at radius 1 is 1.21 bits per heavy atom. The fourth-order valence-electron chi connectivity index (χ4n) is 2.80. The van der Waals surface area contributed by atoms with E-state index in [1.807, 2.05) is 30.5 Å². The molecule has 2 aromatic carbocycles. The first kappa shape index (κ1) is 15.9. The van der Waals surface area contributed by atoms with Crippen molar-refractivity contribution in [3.8, 4) is 12.3 Å². The molecule has 4 nitrogen and oxygen atoms in total. The summed E-state index contributed by atoms with van der Waals surface area (Å²) in [5.41, 5.74) is 3.07. The van der Waals surface area contributed by atoms with E-state index in [4.69, 9.17) is 6.42 Å². The molecule has 3 aromatic rings. The predicted octanol–water partition coefficient (Wildman–Crippen LogP) is 2.48. The van der Waals surface area contributed by atoms with Crippen molar-refractivity contribution in [1.82, 2.24) is 10.3 Å². The van der Waals surface area contributed by atoms with Crippen LogP contribution in [0.25, 0.3) is 10.9 Å². The number of carbonyl (C=O) groups excluding carboxylic acids is 1. The van der Waals surface area contributed by atoms with Gasteiger partial charge in [0.25, 0.3) is 5.91 Å². The van der Waals surface area contributed by atoms with Gasteiger partial charge < -0.3 is 15.4 Å². The van der Waals surface area contributed by atoms with Gasteiger partial charge in [0, 0.05) is 22.7 Å². The molecule has 0 bridgehead atoms. The normalized spacial score (nSPS) is 11.8. The summed E-state index contributed by atoms with van der Waals surface area (Å²) in [7, 11) is 0. The van der Waals surface area contributed by atoms with Crippen molar-refractivity contribution >= 4 is 16.8 Å². The molecular formula is C20H18N2O2. The van der Waals surface area contributed by atoms with Gasteiger partial charge in [-0.05, 0) is 30.2 Å². The Bertz CT molecular complexity index is 905. The van der Waals surface area contributed by atoms with Crippen LogP contribution in [0.15, 0.2) is 54.7 Å². The van der Waals surface area contributed by atoms with Gasteiger partial charge >= 0.3 is 0 Å². The summed E-state index contributed by atoms with van der Waals surface area (Å²) in [6, 6.07) is 14.5. The third kappa shape index (κ3) is 3.17. The molecule has 0 aliphatic carbocycles. The van der Waals surface area contributed by atoms with Crippen LogP contribution in [0.2, 0.25) is 0 Å². The zero-order valence-corrected chi connectivity index (χ0v) is 13.1. The van der Waals surface area contributed by atoms with E-state index in [0.29, 0.717) is 17.5 Å². The van der Waals surface area contributed by atoms with Crippen molar-refractivity contribution in [3.05, 3.63) is 71.4 Å². The van der Waals surface area contributed by atoms with Gasteiger partial charge in [0.05, 0.1) is 18.2 Å². The highest BCUT2D eigenvalue weighted by Gasteiger charge is 2.17. The second-order valence-electron chi connectivity index (χ2n) is 5.61. The van der Waals surface area contributed by atoms with Gasteiger partial charge in [-0.15, -0.1) is 6.42 Å². The first-order valence-corrected chi connectivity index (χ1v) is 7.75. The van der Waals surface area contributed by atoms with Crippen molar-refractivity contribution < 1.29 is 9.90 Å². The maximum Gasteiger partial charge on any atom is 0.252 e. The van der Waals surface area contributed by atoms with Crippen LogP contribution < -0.4 is 5.32 Å². The summed E-state index contributed by atoms with van der Waals surface area (Å²) >= 11 is 0. The Morgan fingerprint density at radius 2 is 1.96 bits per heavy atom. The molecule has 0 spiro atoms. The average Bonchev–Trinajstić information content (AvgIpc) is 3.04. The van der Waals surface area contributed by atoms with Crippen LogP contribution in [0.3, 0.4) is 0 Å². The molecule has 0 saturated heterocycles. The summed E-state index contributed by atoms with van der Waals surface area (Å²) in [4.78, 5) is 15.7. The Morgan fingerprint density at radius 3 is 2.75 bits per heavy atom. The number of hydrogen-bond acceptors (Lipinski definition) is 2. The summed E-state index contributed by atoms with van der Waals surface area (Å²) in [5.74, 6) is 2.23. The number of para-hydroxylation sites is 1. The van der Waals surface area contributed by atoms with Gasteiger partial charge in [0.15, 0.2) is 0 Å². The predicted molar refractivity (Wildman–Crippen MR) is 94.7 cm³/mol. The molecule has 1 amide bonds. The average molecular weight is 318 g/mol. The summed E-state index contributed by atoms with van der Waals surface area (Å²) < 4.78 is 0. The molecule has 0 unspecified atom stereocenters. The first-order valence-electron chi connectivity index (χ1n) is 7.75. The van der Waals surface area contributed by atoms with E-state index in [9.17, 15) is 9.90 Å². The molecule has 1 heterocycles. The number of aromatic nitrogens is 1. The zero-order valence-electron chi connectivity index (χ0n) is 13.1. The number of H-pyrrole nitrogens is 1. The van der Waals surface area contributed by atoms with Crippen molar-refractivity contribution in [2.24, 2.45) is 0 Å². The van der Waals surface area contributed by atoms with Gasteiger partial charge in [0.1, 0.15) is 0 Å². The second kappa shape index (κ2) is 7.03. The van der Waals surface area contributed by atoms with Crippen LogP contribution in [0, 0.1) is 12.3 Å². The van der Waals surface area contributed by atoms with E-state index in [2.05, 4.69) is 16.2 Å². The van der Waals surface area contributed by atoms with Gasteiger partial charge in [-0.3, -0.25) is 4.79 Å². The molecule has 0 radical (unpaired) electrons. The molecule has 1 aromatic heterocycles. The molecule has 0 aliphatic rings. The highest BCUT2D eigenvalue weighted by Crippen LogP contribution is 2.19. The highest BCUT2D eigenvalue weighted by atomic mass is 16.3. The molecule has 4 heteroatoms. The topological polar surface area (TPSA) is 65.1 Å². The lowest BCUT2D eigenvalue weighted by Crippen LogP contribution is -2.39. The summed E-state index contributed by atoms with van der Waals surface area (Å²) in [6.45, 7) is -0.149. The number of benzene rings is 2. The summed E-state index contributed by atoms with van der Waals surface area (Å²) in [5, 5.41) is 13.6. The van der Waals surface area contributed by atoms with E-state index in [1.54, 1.807) is 24.3 Å². The Hall–Kier alpha value is -3.03. The van der Waals surface area contributed by atoms with Crippen LogP contribution in [0.5, 0.6) is 0 Å². The van der Waals surface area contributed by atoms with Gasteiger partial charge in [-0.25, -0.2) is 0 Å². The Kier molecular flexibility index (Phi) is 4.64. The molecular weight excluding hydrogens is 300 g/mol. The number of amides is 1. The third-order valence-electron chi connectivity index (χ3n) is 4.02. The lowest BCUT2D eigenvalue weighted by Gasteiger charge is -2.16. The van der Waals surface area contributed by atoms with Crippen LogP contribution in [-0.2, 0) is 6.42 Å². The number of aliphatic hydroxyl groups is 1. The maximum absolute atomic E-state index is 12.5. The smallest absolute Gasteiger partial charge is 0.252 e. The Balaban J connectivity index is 1.77. The van der Waals surface area contributed by atoms with Gasteiger partial charge in [-0.1, -0.05) is 36.3 Å². The van der Waals surface area contributed by atoms with Gasteiger partial charge in [0.2, 0.25) is 0 Å².